The van der Waals surface area contributed by atoms with E-state index in [0.717, 1.165) is 29.9 Å². The van der Waals surface area contributed by atoms with Crippen molar-refractivity contribution in [1.29, 1.82) is 0 Å². The third-order valence-corrected chi connectivity index (χ3v) is 3.49. The van der Waals surface area contributed by atoms with Crippen molar-refractivity contribution in [2.24, 2.45) is 5.73 Å². The van der Waals surface area contributed by atoms with Crippen LogP contribution in [0.3, 0.4) is 0 Å². The first kappa shape index (κ1) is 14.0. The highest BCUT2D eigenvalue weighted by atomic mass is 35.5. The Morgan fingerprint density at radius 1 is 1.37 bits per heavy atom. The number of halogens is 1. The molecule has 1 saturated carbocycles. The van der Waals surface area contributed by atoms with E-state index in [2.05, 4.69) is 5.32 Å². The molecule has 104 valence electrons. The van der Waals surface area contributed by atoms with Gasteiger partial charge in [-0.25, -0.2) is 0 Å². The lowest BCUT2D eigenvalue weighted by molar-refractivity contribution is -0.123. The summed E-state index contributed by atoms with van der Waals surface area (Å²) in [4.78, 5) is 11.9. The van der Waals surface area contributed by atoms with E-state index in [-0.39, 0.29) is 31.1 Å². The predicted molar refractivity (Wildman–Crippen MR) is 72.5 cm³/mol. The van der Waals surface area contributed by atoms with Gasteiger partial charge in [0.15, 0.2) is 11.5 Å². The Bertz CT molecular complexity index is 503. The maximum absolute atomic E-state index is 11.9. The molecule has 1 aliphatic carbocycles. The topological polar surface area (TPSA) is 73.6 Å². The molecule has 2 aliphatic rings. The van der Waals surface area contributed by atoms with E-state index < -0.39 is 5.54 Å². The molecule has 3 rings (SSSR count). The fraction of sp³-hybridized carbons (Fsp3) is 0.462. The number of ether oxygens (including phenoxy) is 2. The van der Waals surface area contributed by atoms with Crippen LogP contribution < -0.4 is 20.5 Å². The van der Waals surface area contributed by atoms with E-state index >= 15 is 0 Å². The highest BCUT2D eigenvalue weighted by Gasteiger charge is 2.46. The van der Waals surface area contributed by atoms with Crippen molar-refractivity contribution in [3.05, 3.63) is 23.8 Å². The summed E-state index contributed by atoms with van der Waals surface area (Å²) in [6, 6.07) is 5.58. The van der Waals surface area contributed by atoms with Crippen molar-refractivity contribution < 1.29 is 14.3 Å². The van der Waals surface area contributed by atoms with Crippen molar-refractivity contribution in [2.45, 2.75) is 31.3 Å². The quantitative estimate of drug-likeness (QED) is 0.882. The number of benzene rings is 1. The molecule has 1 heterocycles. The average Bonchev–Trinajstić information content (AvgIpc) is 2.93. The van der Waals surface area contributed by atoms with Gasteiger partial charge in [-0.1, -0.05) is 6.07 Å². The summed E-state index contributed by atoms with van der Waals surface area (Å²) in [5.74, 6) is 1.39. The lowest BCUT2D eigenvalue weighted by atomic mass is 10.1. The molecular formula is C13H17ClN2O3. The minimum Gasteiger partial charge on any atom is -0.454 e. The molecule has 1 unspecified atom stereocenters. The van der Waals surface area contributed by atoms with Gasteiger partial charge >= 0.3 is 0 Å². The summed E-state index contributed by atoms with van der Waals surface area (Å²) in [7, 11) is 0. The van der Waals surface area contributed by atoms with Crippen LogP contribution in [0.25, 0.3) is 0 Å². The molecule has 1 aromatic carbocycles. The number of hydrogen-bond donors (Lipinski definition) is 2. The van der Waals surface area contributed by atoms with Gasteiger partial charge in [-0.05, 0) is 37.5 Å². The second kappa shape index (κ2) is 4.90. The van der Waals surface area contributed by atoms with Gasteiger partial charge in [0, 0.05) is 0 Å². The van der Waals surface area contributed by atoms with Crippen LogP contribution >= 0.6 is 12.4 Å². The second-order valence-electron chi connectivity index (χ2n) is 4.96. The first-order valence-electron chi connectivity index (χ1n) is 6.08. The number of nitrogens with two attached hydrogens (primary N) is 1. The molecule has 0 spiro atoms. The molecule has 1 atom stereocenters. The van der Waals surface area contributed by atoms with E-state index in [1.165, 1.54) is 0 Å². The number of nitrogens with one attached hydrogen (secondary N) is 1. The normalized spacial score (nSPS) is 19.3. The van der Waals surface area contributed by atoms with E-state index in [9.17, 15) is 4.79 Å². The zero-order valence-corrected chi connectivity index (χ0v) is 11.5. The third kappa shape index (κ3) is 2.62. The Morgan fingerprint density at radius 2 is 2.05 bits per heavy atom. The molecular weight excluding hydrogens is 268 g/mol. The van der Waals surface area contributed by atoms with Crippen LogP contribution in [0, 0.1) is 0 Å². The number of rotatable bonds is 3. The number of hydrogen-bond acceptors (Lipinski definition) is 4. The Labute approximate surface area is 117 Å². The van der Waals surface area contributed by atoms with Gasteiger partial charge in [-0.3, -0.25) is 4.79 Å². The smallest absolute Gasteiger partial charge is 0.240 e. The molecule has 5 nitrogen and oxygen atoms in total. The molecule has 1 fully saturated rings. The number of carbonyl (C=O) groups is 1. The van der Waals surface area contributed by atoms with Crippen LogP contribution in [0.15, 0.2) is 18.2 Å². The van der Waals surface area contributed by atoms with Crippen LogP contribution in [0.2, 0.25) is 0 Å². The standard InChI is InChI=1S/C13H16N2O3.ClH/c1-8(15-12(16)13(14)4-5-13)9-2-3-10-11(6-9)18-7-17-10;/h2-3,6,8H,4-5,7,14H2,1H3,(H,15,16);1H. The van der Waals surface area contributed by atoms with Crippen LogP contribution in [0.4, 0.5) is 0 Å². The Morgan fingerprint density at radius 3 is 2.74 bits per heavy atom. The minimum absolute atomic E-state index is 0. The van der Waals surface area contributed by atoms with Gasteiger partial charge in [-0.15, -0.1) is 12.4 Å². The third-order valence-electron chi connectivity index (χ3n) is 3.49. The summed E-state index contributed by atoms with van der Waals surface area (Å²) >= 11 is 0. The van der Waals surface area contributed by atoms with Gasteiger partial charge in [0.2, 0.25) is 12.7 Å². The molecule has 0 aromatic heterocycles. The van der Waals surface area contributed by atoms with Crippen LogP contribution in [-0.2, 0) is 4.79 Å². The highest BCUT2D eigenvalue weighted by Crippen LogP contribution is 2.35. The Hall–Kier alpha value is -1.46. The fourth-order valence-corrected chi connectivity index (χ4v) is 1.97. The largest absolute Gasteiger partial charge is 0.454 e. The van der Waals surface area contributed by atoms with E-state index in [1.54, 1.807) is 0 Å². The van der Waals surface area contributed by atoms with E-state index in [0.29, 0.717) is 0 Å². The lowest BCUT2D eigenvalue weighted by Gasteiger charge is -2.17. The number of fused-ring (bicyclic) bond motifs is 1. The van der Waals surface area contributed by atoms with Crippen molar-refractivity contribution >= 4 is 18.3 Å². The lowest BCUT2D eigenvalue weighted by Crippen LogP contribution is -2.43. The molecule has 0 radical (unpaired) electrons. The van der Waals surface area contributed by atoms with Gasteiger partial charge < -0.3 is 20.5 Å². The molecule has 0 saturated heterocycles. The monoisotopic (exact) mass is 284 g/mol. The van der Waals surface area contributed by atoms with Crippen molar-refractivity contribution in [1.82, 2.24) is 5.32 Å². The first-order chi connectivity index (χ1) is 8.58. The summed E-state index contributed by atoms with van der Waals surface area (Å²) in [6.45, 7) is 2.19. The predicted octanol–water partition coefficient (Wildman–Crippen LogP) is 1.51. The second-order valence-corrected chi connectivity index (χ2v) is 4.96. The van der Waals surface area contributed by atoms with Crippen LogP contribution in [-0.4, -0.2) is 18.2 Å². The summed E-state index contributed by atoms with van der Waals surface area (Å²) in [6.07, 6.45) is 1.54. The SMILES string of the molecule is CC(NC(=O)C1(N)CC1)c1ccc2c(c1)OCO2.Cl. The first-order valence-corrected chi connectivity index (χ1v) is 6.08. The van der Waals surface area contributed by atoms with Crippen LogP contribution in [0.1, 0.15) is 31.4 Å². The molecule has 0 bridgehead atoms. The Balaban J connectivity index is 0.00000133. The van der Waals surface area contributed by atoms with Crippen molar-refractivity contribution in [3.8, 4) is 11.5 Å². The Kier molecular flexibility index (Phi) is 3.60. The van der Waals surface area contributed by atoms with Gasteiger partial charge in [-0.2, -0.15) is 0 Å². The maximum Gasteiger partial charge on any atom is 0.240 e. The molecule has 6 heteroatoms. The number of carbonyl (C=O) groups excluding carboxylic acids is 1. The minimum atomic E-state index is -0.634. The van der Waals surface area contributed by atoms with E-state index in [4.69, 9.17) is 15.2 Å². The van der Waals surface area contributed by atoms with E-state index in [1.807, 2.05) is 25.1 Å². The highest BCUT2D eigenvalue weighted by molar-refractivity contribution is 5.89. The molecule has 1 aliphatic heterocycles. The maximum atomic E-state index is 11.9. The number of amides is 1. The average molecular weight is 285 g/mol. The molecule has 19 heavy (non-hydrogen) atoms. The summed E-state index contributed by atoms with van der Waals surface area (Å²) < 4.78 is 10.6. The fourth-order valence-electron chi connectivity index (χ4n) is 1.97. The van der Waals surface area contributed by atoms with Gasteiger partial charge in [0.1, 0.15) is 0 Å². The van der Waals surface area contributed by atoms with Crippen molar-refractivity contribution in [2.75, 3.05) is 6.79 Å². The summed E-state index contributed by atoms with van der Waals surface area (Å²) in [5, 5.41) is 2.93. The zero-order chi connectivity index (χ0) is 12.8. The van der Waals surface area contributed by atoms with Gasteiger partial charge in [0.05, 0.1) is 11.6 Å². The zero-order valence-electron chi connectivity index (χ0n) is 10.6. The summed E-state index contributed by atoms with van der Waals surface area (Å²) in [5.41, 5.74) is 6.20. The van der Waals surface area contributed by atoms with Gasteiger partial charge in [0.25, 0.3) is 0 Å². The molecule has 1 aromatic rings. The molecule has 1 amide bonds. The molecule has 3 N–H and O–H groups in total. The van der Waals surface area contributed by atoms with Crippen molar-refractivity contribution in [3.63, 3.8) is 0 Å². The van der Waals surface area contributed by atoms with Crippen LogP contribution in [0.5, 0.6) is 11.5 Å².